The maximum atomic E-state index is 5.54. The SMILES string of the molecule is NNC(Cc1ccncc1)c1ccnnc1. The zero-order chi connectivity index (χ0) is 11.2. The molecule has 0 aliphatic rings. The van der Waals surface area contributed by atoms with E-state index < -0.39 is 0 Å². The number of hydrogen-bond donors (Lipinski definition) is 2. The molecule has 82 valence electrons. The van der Waals surface area contributed by atoms with Gasteiger partial charge in [-0.3, -0.25) is 16.3 Å². The van der Waals surface area contributed by atoms with E-state index in [0.717, 1.165) is 12.0 Å². The van der Waals surface area contributed by atoms with E-state index in [0.29, 0.717) is 0 Å². The number of hydrazine groups is 1. The fraction of sp³-hybridized carbons (Fsp3) is 0.182. The third-order valence-electron chi connectivity index (χ3n) is 2.40. The molecule has 5 heteroatoms. The molecule has 5 nitrogen and oxygen atoms in total. The van der Waals surface area contributed by atoms with Crippen LogP contribution >= 0.6 is 0 Å². The third kappa shape index (κ3) is 2.59. The Morgan fingerprint density at radius 3 is 2.56 bits per heavy atom. The van der Waals surface area contributed by atoms with Gasteiger partial charge in [-0.05, 0) is 35.7 Å². The highest BCUT2D eigenvalue weighted by atomic mass is 15.2. The monoisotopic (exact) mass is 215 g/mol. The molecule has 0 aromatic carbocycles. The Kier molecular flexibility index (Phi) is 3.53. The molecule has 16 heavy (non-hydrogen) atoms. The summed E-state index contributed by atoms with van der Waals surface area (Å²) >= 11 is 0. The fourth-order valence-electron chi connectivity index (χ4n) is 1.53. The second kappa shape index (κ2) is 5.29. The molecule has 0 amide bonds. The van der Waals surface area contributed by atoms with Crippen LogP contribution in [-0.4, -0.2) is 15.2 Å². The minimum Gasteiger partial charge on any atom is -0.271 e. The molecule has 3 N–H and O–H groups in total. The maximum Gasteiger partial charge on any atom is 0.0544 e. The van der Waals surface area contributed by atoms with Crippen LogP contribution < -0.4 is 11.3 Å². The standard InChI is InChI=1S/C11H13N5/c12-16-11(10-3-6-14-15-8-10)7-9-1-4-13-5-2-9/h1-6,8,11,16H,7,12H2. The Hall–Kier alpha value is -1.85. The topological polar surface area (TPSA) is 76.7 Å². The van der Waals surface area contributed by atoms with Gasteiger partial charge in [0.1, 0.15) is 0 Å². The maximum absolute atomic E-state index is 5.54. The molecule has 0 spiro atoms. The van der Waals surface area contributed by atoms with Crippen molar-refractivity contribution in [1.29, 1.82) is 0 Å². The Morgan fingerprint density at radius 1 is 1.12 bits per heavy atom. The number of nitrogens with zero attached hydrogens (tertiary/aromatic N) is 3. The van der Waals surface area contributed by atoms with Gasteiger partial charge >= 0.3 is 0 Å². The predicted molar refractivity (Wildman–Crippen MR) is 60.0 cm³/mol. The Morgan fingerprint density at radius 2 is 1.94 bits per heavy atom. The first kappa shape index (κ1) is 10.7. The molecule has 2 heterocycles. The molecule has 0 saturated heterocycles. The number of nitrogens with one attached hydrogen (secondary N) is 1. The average Bonchev–Trinajstić information content (AvgIpc) is 2.38. The van der Waals surface area contributed by atoms with Crippen LogP contribution in [0.3, 0.4) is 0 Å². The van der Waals surface area contributed by atoms with E-state index in [4.69, 9.17) is 5.84 Å². The molecular formula is C11H13N5. The van der Waals surface area contributed by atoms with E-state index in [2.05, 4.69) is 20.6 Å². The van der Waals surface area contributed by atoms with Crippen LogP contribution in [0, 0.1) is 0 Å². The number of nitrogens with two attached hydrogens (primary N) is 1. The van der Waals surface area contributed by atoms with E-state index in [1.54, 1.807) is 24.8 Å². The lowest BCUT2D eigenvalue weighted by Gasteiger charge is -2.15. The Bertz CT molecular complexity index is 417. The molecular weight excluding hydrogens is 202 g/mol. The summed E-state index contributed by atoms with van der Waals surface area (Å²) in [7, 11) is 0. The van der Waals surface area contributed by atoms with Gasteiger partial charge in [-0.2, -0.15) is 10.2 Å². The minimum atomic E-state index is 0.0397. The van der Waals surface area contributed by atoms with Crippen molar-refractivity contribution in [3.63, 3.8) is 0 Å². The van der Waals surface area contributed by atoms with Crippen LogP contribution in [0.2, 0.25) is 0 Å². The van der Waals surface area contributed by atoms with Gasteiger partial charge in [-0.25, -0.2) is 0 Å². The van der Waals surface area contributed by atoms with Crippen LogP contribution in [0.5, 0.6) is 0 Å². The highest BCUT2D eigenvalue weighted by Gasteiger charge is 2.10. The lowest BCUT2D eigenvalue weighted by Crippen LogP contribution is -2.29. The minimum absolute atomic E-state index is 0.0397. The summed E-state index contributed by atoms with van der Waals surface area (Å²) in [6.45, 7) is 0. The van der Waals surface area contributed by atoms with Gasteiger partial charge in [0.05, 0.1) is 12.2 Å². The quantitative estimate of drug-likeness (QED) is 0.577. The molecule has 0 bridgehead atoms. The van der Waals surface area contributed by atoms with Crippen molar-refractivity contribution in [2.75, 3.05) is 0 Å². The first-order valence-electron chi connectivity index (χ1n) is 5.02. The van der Waals surface area contributed by atoms with Gasteiger partial charge in [0, 0.05) is 18.6 Å². The van der Waals surface area contributed by atoms with Gasteiger partial charge in [0.2, 0.25) is 0 Å². The summed E-state index contributed by atoms with van der Waals surface area (Å²) in [6.07, 6.45) is 7.71. The van der Waals surface area contributed by atoms with Crippen LogP contribution in [0.4, 0.5) is 0 Å². The van der Waals surface area contributed by atoms with E-state index >= 15 is 0 Å². The van der Waals surface area contributed by atoms with Gasteiger partial charge in [0.15, 0.2) is 0 Å². The van der Waals surface area contributed by atoms with Crippen molar-refractivity contribution >= 4 is 0 Å². The van der Waals surface area contributed by atoms with Crippen LogP contribution in [-0.2, 0) is 6.42 Å². The zero-order valence-electron chi connectivity index (χ0n) is 8.74. The highest BCUT2D eigenvalue weighted by molar-refractivity contribution is 5.18. The lowest BCUT2D eigenvalue weighted by molar-refractivity contribution is 0.548. The summed E-state index contributed by atoms with van der Waals surface area (Å²) in [5.41, 5.74) is 4.98. The fourth-order valence-corrected chi connectivity index (χ4v) is 1.53. The van der Waals surface area contributed by atoms with E-state index in [9.17, 15) is 0 Å². The lowest BCUT2D eigenvalue weighted by atomic mass is 10.0. The molecule has 2 aromatic heterocycles. The summed E-state index contributed by atoms with van der Waals surface area (Å²) in [5, 5.41) is 7.58. The molecule has 0 aliphatic heterocycles. The average molecular weight is 215 g/mol. The first-order valence-corrected chi connectivity index (χ1v) is 5.02. The zero-order valence-corrected chi connectivity index (χ0v) is 8.74. The van der Waals surface area contributed by atoms with Crippen molar-refractivity contribution in [3.8, 4) is 0 Å². The smallest absolute Gasteiger partial charge is 0.0544 e. The summed E-state index contributed by atoms with van der Waals surface area (Å²) < 4.78 is 0. The van der Waals surface area contributed by atoms with E-state index in [1.807, 2.05) is 18.2 Å². The third-order valence-corrected chi connectivity index (χ3v) is 2.40. The Labute approximate surface area is 93.7 Å². The van der Waals surface area contributed by atoms with Crippen LogP contribution in [0.25, 0.3) is 0 Å². The van der Waals surface area contributed by atoms with Gasteiger partial charge in [-0.15, -0.1) is 0 Å². The largest absolute Gasteiger partial charge is 0.271 e. The molecule has 2 aromatic rings. The molecule has 0 fully saturated rings. The van der Waals surface area contributed by atoms with Crippen molar-refractivity contribution in [2.24, 2.45) is 5.84 Å². The van der Waals surface area contributed by atoms with Crippen LogP contribution in [0.15, 0.2) is 43.0 Å². The molecule has 0 aliphatic carbocycles. The van der Waals surface area contributed by atoms with Crippen molar-refractivity contribution in [3.05, 3.63) is 54.1 Å². The number of aromatic nitrogens is 3. The highest BCUT2D eigenvalue weighted by Crippen LogP contribution is 2.15. The molecule has 0 saturated carbocycles. The first-order chi connectivity index (χ1) is 7.90. The van der Waals surface area contributed by atoms with Crippen LogP contribution in [0.1, 0.15) is 17.2 Å². The summed E-state index contributed by atoms with van der Waals surface area (Å²) in [5.74, 6) is 5.54. The second-order valence-corrected chi connectivity index (χ2v) is 3.45. The summed E-state index contributed by atoms with van der Waals surface area (Å²) in [4.78, 5) is 3.98. The normalized spacial score (nSPS) is 12.3. The second-order valence-electron chi connectivity index (χ2n) is 3.45. The van der Waals surface area contributed by atoms with Crippen molar-refractivity contribution in [2.45, 2.75) is 12.5 Å². The van der Waals surface area contributed by atoms with Gasteiger partial charge in [0.25, 0.3) is 0 Å². The molecule has 1 atom stereocenters. The Balaban J connectivity index is 2.13. The number of pyridine rings is 1. The van der Waals surface area contributed by atoms with Crippen molar-refractivity contribution < 1.29 is 0 Å². The van der Waals surface area contributed by atoms with Gasteiger partial charge in [-0.1, -0.05) is 0 Å². The number of hydrogen-bond acceptors (Lipinski definition) is 5. The van der Waals surface area contributed by atoms with Gasteiger partial charge < -0.3 is 0 Å². The number of rotatable bonds is 4. The molecule has 1 unspecified atom stereocenters. The van der Waals surface area contributed by atoms with Crippen molar-refractivity contribution in [1.82, 2.24) is 20.6 Å². The summed E-state index contributed by atoms with van der Waals surface area (Å²) in [6, 6.07) is 5.88. The molecule has 2 rings (SSSR count). The molecule has 0 radical (unpaired) electrons. The predicted octanol–water partition coefficient (Wildman–Crippen LogP) is 0.619. The van der Waals surface area contributed by atoms with E-state index in [-0.39, 0.29) is 6.04 Å². The van der Waals surface area contributed by atoms with E-state index in [1.165, 1.54) is 5.56 Å².